The summed E-state index contributed by atoms with van der Waals surface area (Å²) in [7, 11) is 0. The number of hydrogen-bond acceptors (Lipinski definition) is 4. The lowest BCUT2D eigenvalue weighted by Crippen LogP contribution is -2.06. The molecule has 0 aliphatic heterocycles. The number of aryl methyl sites for hydroxylation is 1. The summed E-state index contributed by atoms with van der Waals surface area (Å²) >= 11 is 5.87. The van der Waals surface area contributed by atoms with Gasteiger partial charge in [-0.25, -0.2) is 0 Å². The van der Waals surface area contributed by atoms with Crippen molar-refractivity contribution in [3.05, 3.63) is 64.7 Å². The van der Waals surface area contributed by atoms with E-state index in [4.69, 9.17) is 22.1 Å². The molecule has 0 aliphatic carbocycles. The van der Waals surface area contributed by atoms with Crippen molar-refractivity contribution in [1.82, 2.24) is 0 Å². The summed E-state index contributed by atoms with van der Waals surface area (Å²) in [6.45, 7) is 1.96. The maximum absolute atomic E-state index is 9.15. The molecule has 0 N–H and O–H groups in total. The molecule has 2 rings (SSSR count). The standard InChI is InChI=1S/C17H13ClN4/c1-12-3-2-4-16(9-12)21-22-17(14(10-19)11-20)13-5-7-15(18)8-6-13/h2-9,14,17H,1H3. The fraction of sp³-hybridized carbons (Fsp3) is 0.176. The minimum atomic E-state index is -0.908. The highest BCUT2D eigenvalue weighted by molar-refractivity contribution is 6.30. The van der Waals surface area contributed by atoms with Gasteiger partial charge in [0.2, 0.25) is 0 Å². The van der Waals surface area contributed by atoms with Crippen LogP contribution in [0.2, 0.25) is 5.02 Å². The number of azo groups is 1. The number of rotatable bonds is 4. The third kappa shape index (κ3) is 3.91. The summed E-state index contributed by atoms with van der Waals surface area (Å²) < 4.78 is 0. The highest BCUT2D eigenvalue weighted by Gasteiger charge is 2.22. The second-order valence-electron chi connectivity index (χ2n) is 4.79. The van der Waals surface area contributed by atoms with Crippen LogP contribution in [0.25, 0.3) is 0 Å². The molecular formula is C17H13ClN4. The molecule has 2 aromatic carbocycles. The molecule has 0 aliphatic rings. The van der Waals surface area contributed by atoms with Crippen molar-refractivity contribution in [2.45, 2.75) is 13.0 Å². The summed E-state index contributed by atoms with van der Waals surface area (Å²) in [5, 5.41) is 27.3. The Hall–Kier alpha value is -2.69. The number of halogens is 1. The Morgan fingerprint density at radius 3 is 2.32 bits per heavy atom. The highest BCUT2D eigenvalue weighted by Crippen LogP contribution is 2.29. The van der Waals surface area contributed by atoms with Gasteiger partial charge in [0.15, 0.2) is 5.92 Å². The van der Waals surface area contributed by atoms with Gasteiger partial charge in [0, 0.05) is 5.02 Å². The average Bonchev–Trinajstić information content (AvgIpc) is 2.52. The van der Waals surface area contributed by atoms with Gasteiger partial charge in [-0.3, -0.25) is 0 Å². The van der Waals surface area contributed by atoms with Gasteiger partial charge >= 0.3 is 0 Å². The molecule has 0 radical (unpaired) electrons. The lowest BCUT2D eigenvalue weighted by atomic mass is 9.96. The van der Waals surface area contributed by atoms with Gasteiger partial charge < -0.3 is 0 Å². The summed E-state index contributed by atoms with van der Waals surface area (Å²) in [5.74, 6) is -0.908. The molecule has 1 unspecified atom stereocenters. The van der Waals surface area contributed by atoms with E-state index in [2.05, 4.69) is 10.2 Å². The van der Waals surface area contributed by atoms with E-state index >= 15 is 0 Å². The zero-order valence-corrected chi connectivity index (χ0v) is 12.7. The van der Waals surface area contributed by atoms with Crippen LogP contribution in [-0.4, -0.2) is 0 Å². The normalized spacial score (nSPS) is 12.0. The Morgan fingerprint density at radius 1 is 1.05 bits per heavy atom. The van der Waals surface area contributed by atoms with E-state index in [1.54, 1.807) is 24.3 Å². The van der Waals surface area contributed by atoms with Crippen LogP contribution >= 0.6 is 11.6 Å². The van der Waals surface area contributed by atoms with E-state index in [1.165, 1.54) is 0 Å². The van der Waals surface area contributed by atoms with Crippen molar-refractivity contribution in [3.8, 4) is 12.1 Å². The molecule has 2 aromatic rings. The highest BCUT2D eigenvalue weighted by atomic mass is 35.5. The van der Waals surface area contributed by atoms with E-state index in [0.29, 0.717) is 10.7 Å². The zero-order valence-electron chi connectivity index (χ0n) is 11.9. The maximum Gasteiger partial charge on any atom is 0.161 e. The molecule has 4 nitrogen and oxygen atoms in total. The SMILES string of the molecule is Cc1cccc(N=NC(c2ccc(Cl)cc2)C(C#N)C#N)c1. The first-order valence-corrected chi connectivity index (χ1v) is 7.04. The molecule has 1 atom stereocenters. The van der Waals surface area contributed by atoms with Crippen LogP contribution in [0.3, 0.4) is 0 Å². The van der Waals surface area contributed by atoms with E-state index in [-0.39, 0.29) is 0 Å². The van der Waals surface area contributed by atoms with Crippen molar-refractivity contribution in [2.75, 3.05) is 0 Å². The molecule has 22 heavy (non-hydrogen) atoms. The second kappa shape index (κ2) is 7.36. The lowest BCUT2D eigenvalue weighted by molar-refractivity contribution is 0.612. The van der Waals surface area contributed by atoms with Gasteiger partial charge in [0.25, 0.3) is 0 Å². The van der Waals surface area contributed by atoms with Gasteiger partial charge in [0.1, 0.15) is 6.04 Å². The number of nitrogens with zero attached hydrogens (tertiary/aromatic N) is 4. The molecule has 5 heteroatoms. The Morgan fingerprint density at radius 2 is 1.73 bits per heavy atom. The van der Waals surface area contributed by atoms with Gasteiger partial charge in [-0.1, -0.05) is 35.9 Å². The Labute approximate surface area is 134 Å². The Balaban J connectivity index is 2.35. The van der Waals surface area contributed by atoms with Crippen molar-refractivity contribution in [2.24, 2.45) is 16.1 Å². The van der Waals surface area contributed by atoms with Gasteiger partial charge in [-0.15, -0.1) is 0 Å². The van der Waals surface area contributed by atoms with Crippen LogP contribution in [0.5, 0.6) is 0 Å². The summed E-state index contributed by atoms with van der Waals surface area (Å²) in [5.41, 5.74) is 2.49. The van der Waals surface area contributed by atoms with Crippen LogP contribution < -0.4 is 0 Å². The quantitative estimate of drug-likeness (QED) is 0.734. The average molecular weight is 309 g/mol. The van der Waals surface area contributed by atoms with Crippen molar-refractivity contribution >= 4 is 17.3 Å². The smallest absolute Gasteiger partial charge is 0.161 e. The first-order valence-electron chi connectivity index (χ1n) is 6.66. The third-order valence-electron chi connectivity index (χ3n) is 3.10. The van der Waals surface area contributed by atoms with E-state index in [0.717, 1.165) is 11.1 Å². The molecule has 0 saturated carbocycles. The second-order valence-corrected chi connectivity index (χ2v) is 5.22. The van der Waals surface area contributed by atoms with E-state index in [9.17, 15) is 0 Å². The topological polar surface area (TPSA) is 72.3 Å². The molecule has 108 valence electrons. The van der Waals surface area contributed by atoms with Gasteiger partial charge in [-0.05, 0) is 42.3 Å². The summed E-state index contributed by atoms with van der Waals surface area (Å²) in [6.07, 6.45) is 0. The molecule has 0 saturated heterocycles. The predicted molar refractivity (Wildman–Crippen MR) is 84.6 cm³/mol. The number of benzene rings is 2. The van der Waals surface area contributed by atoms with Crippen LogP contribution in [0.1, 0.15) is 17.2 Å². The predicted octanol–water partition coefficient (Wildman–Crippen LogP) is 5.14. The van der Waals surface area contributed by atoms with Gasteiger partial charge in [0.05, 0.1) is 17.8 Å². The molecule has 0 fully saturated rings. The molecule has 0 amide bonds. The summed E-state index contributed by atoms with van der Waals surface area (Å²) in [4.78, 5) is 0. The van der Waals surface area contributed by atoms with Gasteiger partial charge in [-0.2, -0.15) is 20.8 Å². The van der Waals surface area contributed by atoms with Crippen LogP contribution in [0.4, 0.5) is 5.69 Å². The molecule has 0 bridgehead atoms. The Kier molecular flexibility index (Phi) is 5.25. The van der Waals surface area contributed by atoms with Crippen molar-refractivity contribution < 1.29 is 0 Å². The van der Waals surface area contributed by atoms with E-state index < -0.39 is 12.0 Å². The maximum atomic E-state index is 9.15. The van der Waals surface area contributed by atoms with Crippen molar-refractivity contribution in [1.29, 1.82) is 10.5 Å². The van der Waals surface area contributed by atoms with Crippen LogP contribution in [0.15, 0.2) is 58.8 Å². The fourth-order valence-electron chi connectivity index (χ4n) is 1.97. The Bertz CT molecular complexity index is 739. The minimum absolute atomic E-state index is 0.587. The van der Waals surface area contributed by atoms with Crippen LogP contribution in [0, 0.1) is 35.5 Å². The number of nitriles is 2. The molecule has 0 spiro atoms. The minimum Gasteiger partial charge on any atom is -0.197 e. The van der Waals surface area contributed by atoms with Crippen molar-refractivity contribution in [3.63, 3.8) is 0 Å². The monoisotopic (exact) mass is 308 g/mol. The first kappa shape index (κ1) is 15.7. The fourth-order valence-corrected chi connectivity index (χ4v) is 2.10. The molecule has 0 heterocycles. The zero-order chi connectivity index (χ0) is 15.9. The molecule has 0 aromatic heterocycles. The first-order chi connectivity index (χ1) is 10.6. The van der Waals surface area contributed by atoms with E-state index in [1.807, 2.05) is 43.3 Å². The largest absolute Gasteiger partial charge is 0.197 e. The number of hydrogen-bond donors (Lipinski definition) is 0. The van der Waals surface area contributed by atoms with Crippen LogP contribution in [-0.2, 0) is 0 Å². The third-order valence-corrected chi connectivity index (χ3v) is 3.36. The molecular weight excluding hydrogens is 296 g/mol. The summed E-state index contributed by atoms with van der Waals surface area (Å²) in [6, 6.07) is 17.8. The lowest BCUT2D eigenvalue weighted by Gasteiger charge is -2.12.